The van der Waals surface area contributed by atoms with Crippen LogP contribution < -0.4 is 15.5 Å². The summed E-state index contributed by atoms with van der Waals surface area (Å²) >= 11 is 0. The molecule has 0 aromatic heterocycles. The van der Waals surface area contributed by atoms with Gasteiger partial charge in [0.2, 0.25) is 0 Å². The van der Waals surface area contributed by atoms with Gasteiger partial charge >= 0.3 is 6.03 Å². The number of benzene rings is 1. The van der Waals surface area contributed by atoms with E-state index in [1.54, 1.807) is 37.9 Å². The summed E-state index contributed by atoms with van der Waals surface area (Å²) in [7, 11) is 1.67. The van der Waals surface area contributed by atoms with Crippen molar-refractivity contribution < 1.29 is 23.5 Å². The van der Waals surface area contributed by atoms with Crippen LogP contribution in [0, 0.1) is 5.82 Å². The van der Waals surface area contributed by atoms with Crippen LogP contribution in [0.5, 0.6) is 5.75 Å². The molecule has 26 heavy (non-hydrogen) atoms. The summed E-state index contributed by atoms with van der Waals surface area (Å²) in [5.41, 5.74) is 1.30. The Labute approximate surface area is 151 Å². The lowest BCUT2D eigenvalue weighted by atomic mass is 10.00. The fraction of sp³-hybridized carbons (Fsp3) is 0.471. The van der Waals surface area contributed by atoms with Gasteiger partial charge in [0.25, 0.3) is 11.8 Å². The molecule has 9 heteroatoms. The molecule has 1 fully saturated rings. The number of hydrazine groups is 1. The van der Waals surface area contributed by atoms with Crippen LogP contribution in [0.2, 0.25) is 0 Å². The zero-order valence-electron chi connectivity index (χ0n) is 15.0. The first-order valence-corrected chi connectivity index (χ1v) is 8.29. The summed E-state index contributed by atoms with van der Waals surface area (Å²) in [6.07, 6.45) is 0.414. The van der Waals surface area contributed by atoms with Gasteiger partial charge in [0.05, 0.1) is 6.54 Å². The van der Waals surface area contributed by atoms with Gasteiger partial charge < -0.3 is 10.1 Å². The van der Waals surface area contributed by atoms with Gasteiger partial charge in [0, 0.05) is 6.54 Å². The highest BCUT2D eigenvalue weighted by Gasteiger charge is 2.47. The van der Waals surface area contributed by atoms with Crippen molar-refractivity contribution in [1.29, 1.82) is 0 Å². The number of rotatable bonds is 8. The zero-order chi connectivity index (χ0) is 19.3. The molecule has 2 N–H and O–H groups in total. The first kappa shape index (κ1) is 19.6. The molecule has 1 heterocycles. The third-order valence-electron chi connectivity index (χ3n) is 4.19. The molecule has 0 bridgehead atoms. The highest BCUT2D eigenvalue weighted by atomic mass is 19.1. The van der Waals surface area contributed by atoms with E-state index in [1.165, 1.54) is 12.1 Å². The minimum absolute atomic E-state index is 0.0550. The number of nitrogens with zero attached hydrogens (tertiary/aromatic N) is 2. The molecule has 2 rings (SSSR count). The standard InChI is InChI=1S/C17H23FN4O4/c1-4-17(2)15(24)22(16(25)19-17)20-14(23)11-21(3)9-10-26-13-8-6-5-7-12(13)18/h5-8H,4,9-11H2,1-3H3,(H,19,25)(H,20,23)/t17-/m0/s1. The Bertz CT molecular complexity index is 699. The van der Waals surface area contributed by atoms with E-state index in [9.17, 15) is 18.8 Å². The molecule has 1 aromatic carbocycles. The van der Waals surface area contributed by atoms with Gasteiger partial charge in [-0.1, -0.05) is 19.1 Å². The third kappa shape index (κ3) is 4.48. The normalized spacial score (nSPS) is 19.7. The van der Waals surface area contributed by atoms with Gasteiger partial charge in [-0.05, 0) is 32.5 Å². The number of ether oxygens (including phenoxy) is 1. The first-order chi connectivity index (χ1) is 12.3. The molecule has 4 amide bonds. The van der Waals surface area contributed by atoms with Crippen molar-refractivity contribution in [2.45, 2.75) is 25.8 Å². The Morgan fingerprint density at radius 3 is 2.69 bits per heavy atom. The van der Waals surface area contributed by atoms with E-state index in [-0.39, 0.29) is 18.9 Å². The lowest BCUT2D eigenvalue weighted by Gasteiger charge is -2.21. The van der Waals surface area contributed by atoms with Gasteiger partial charge in [-0.2, -0.15) is 5.01 Å². The minimum Gasteiger partial charge on any atom is -0.489 e. The summed E-state index contributed by atoms with van der Waals surface area (Å²) in [6, 6.07) is 5.40. The summed E-state index contributed by atoms with van der Waals surface area (Å²) in [6.45, 7) is 3.86. The quantitative estimate of drug-likeness (QED) is 0.667. The van der Waals surface area contributed by atoms with E-state index >= 15 is 0 Å². The van der Waals surface area contributed by atoms with E-state index in [2.05, 4.69) is 10.7 Å². The molecular weight excluding hydrogens is 343 g/mol. The van der Waals surface area contributed by atoms with E-state index in [1.807, 2.05) is 0 Å². The van der Waals surface area contributed by atoms with Crippen LogP contribution in [0.3, 0.4) is 0 Å². The number of carbonyl (C=O) groups excluding carboxylic acids is 3. The number of para-hydroxylation sites is 1. The second-order valence-electron chi connectivity index (χ2n) is 6.31. The number of urea groups is 1. The van der Waals surface area contributed by atoms with Crippen molar-refractivity contribution in [3.63, 3.8) is 0 Å². The number of nitrogens with one attached hydrogen (secondary N) is 2. The van der Waals surface area contributed by atoms with Gasteiger partial charge in [0.1, 0.15) is 12.1 Å². The van der Waals surface area contributed by atoms with Crippen molar-refractivity contribution >= 4 is 17.8 Å². The average molecular weight is 366 g/mol. The predicted octanol–water partition coefficient (Wildman–Crippen LogP) is 0.888. The molecule has 8 nitrogen and oxygen atoms in total. The number of carbonyl (C=O) groups is 3. The Morgan fingerprint density at radius 1 is 1.38 bits per heavy atom. The first-order valence-electron chi connectivity index (χ1n) is 8.29. The Hall–Kier alpha value is -2.68. The maximum absolute atomic E-state index is 13.4. The molecule has 0 saturated carbocycles. The monoisotopic (exact) mass is 366 g/mol. The van der Waals surface area contributed by atoms with E-state index in [0.29, 0.717) is 18.0 Å². The molecule has 1 aliphatic rings. The van der Waals surface area contributed by atoms with Crippen molar-refractivity contribution in [3.05, 3.63) is 30.1 Å². The third-order valence-corrected chi connectivity index (χ3v) is 4.19. The minimum atomic E-state index is -1.01. The van der Waals surface area contributed by atoms with Gasteiger partial charge in [-0.3, -0.25) is 19.9 Å². The highest BCUT2D eigenvalue weighted by molar-refractivity contribution is 6.07. The molecule has 142 valence electrons. The highest BCUT2D eigenvalue weighted by Crippen LogP contribution is 2.19. The van der Waals surface area contributed by atoms with Crippen LogP contribution >= 0.6 is 0 Å². The second kappa shape index (κ2) is 8.13. The smallest absolute Gasteiger partial charge is 0.344 e. The largest absolute Gasteiger partial charge is 0.489 e. The predicted molar refractivity (Wildman–Crippen MR) is 91.6 cm³/mol. The maximum Gasteiger partial charge on any atom is 0.344 e. The molecule has 1 atom stereocenters. The fourth-order valence-electron chi connectivity index (χ4n) is 2.38. The number of hydrogen-bond acceptors (Lipinski definition) is 5. The molecule has 1 aromatic rings. The number of amides is 4. The maximum atomic E-state index is 13.4. The van der Waals surface area contributed by atoms with E-state index in [4.69, 9.17) is 4.74 Å². The molecular formula is C17H23FN4O4. The van der Waals surface area contributed by atoms with E-state index in [0.717, 1.165) is 0 Å². The summed E-state index contributed by atoms with van der Waals surface area (Å²) in [4.78, 5) is 37.8. The fourth-order valence-corrected chi connectivity index (χ4v) is 2.38. The Kier molecular flexibility index (Phi) is 6.14. The van der Waals surface area contributed by atoms with Crippen LogP contribution in [0.15, 0.2) is 24.3 Å². The molecule has 0 aliphatic carbocycles. The summed E-state index contributed by atoms with van der Waals surface area (Å²) < 4.78 is 18.8. The Morgan fingerprint density at radius 2 is 2.08 bits per heavy atom. The van der Waals surface area contributed by atoms with Gasteiger partial charge in [0.15, 0.2) is 11.6 Å². The number of imide groups is 1. The number of likely N-dealkylation sites (N-methyl/N-ethyl adjacent to an activating group) is 1. The molecule has 0 radical (unpaired) electrons. The van der Waals surface area contributed by atoms with Crippen LogP contribution in [-0.2, 0) is 9.59 Å². The average Bonchev–Trinajstić information content (AvgIpc) is 2.80. The molecule has 1 saturated heterocycles. The Balaban J connectivity index is 1.78. The summed E-state index contributed by atoms with van der Waals surface area (Å²) in [5, 5.41) is 3.25. The second-order valence-corrected chi connectivity index (χ2v) is 6.31. The van der Waals surface area contributed by atoms with Crippen LogP contribution in [0.4, 0.5) is 9.18 Å². The van der Waals surface area contributed by atoms with Crippen molar-refractivity contribution in [2.24, 2.45) is 0 Å². The van der Waals surface area contributed by atoms with Gasteiger partial charge in [-0.15, -0.1) is 0 Å². The van der Waals surface area contributed by atoms with Crippen LogP contribution in [-0.4, -0.2) is 60.0 Å². The van der Waals surface area contributed by atoms with Crippen LogP contribution in [0.25, 0.3) is 0 Å². The van der Waals surface area contributed by atoms with Crippen LogP contribution in [0.1, 0.15) is 20.3 Å². The van der Waals surface area contributed by atoms with Crippen molar-refractivity contribution in [1.82, 2.24) is 20.7 Å². The van der Waals surface area contributed by atoms with Crippen molar-refractivity contribution in [3.8, 4) is 5.75 Å². The van der Waals surface area contributed by atoms with Crippen molar-refractivity contribution in [2.75, 3.05) is 26.7 Å². The topological polar surface area (TPSA) is 91.0 Å². The molecule has 0 unspecified atom stereocenters. The molecule has 0 spiro atoms. The summed E-state index contributed by atoms with van der Waals surface area (Å²) in [5.74, 6) is -1.32. The lowest BCUT2D eigenvalue weighted by molar-refractivity contribution is -0.139. The lowest BCUT2D eigenvalue weighted by Crippen LogP contribution is -2.51. The molecule has 1 aliphatic heterocycles. The number of hydrogen-bond donors (Lipinski definition) is 2. The SMILES string of the molecule is CC[C@]1(C)NC(=O)N(NC(=O)CN(C)CCOc2ccccc2F)C1=O. The zero-order valence-corrected chi connectivity index (χ0v) is 15.0. The number of halogens is 1. The van der Waals surface area contributed by atoms with Gasteiger partial charge in [-0.25, -0.2) is 9.18 Å². The van der Waals surface area contributed by atoms with E-state index < -0.39 is 29.2 Å².